The van der Waals surface area contributed by atoms with Crippen molar-refractivity contribution in [3.8, 4) is 6.01 Å². The number of ether oxygens (including phenoxy) is 1. The Bertz CT molecular complexity index is 1050. The van der Waals surface area contributed by atoms with Gasteiger partial charge in [0.15, 0.2) is 11.0 Å². The number of pyridine rings is 1. The smallest absolute Gasteiger partial charge is 0.319 e. The lowest BCUT2D eigenvalue weighted by Gasteiger charge is -2.38. The Morgan fingerprint density at radius 1 is 1.29 bits per heavy atom. The third-order valence-corrected chi connectivity index (χ3v) is 7.04. The number of piperidine rings is 1. The van der Waals surface area contributed by atoms with Gasteiger partial charge in [0.1, 0.15) is 17.9 Å². The molecule has 0 aliphatic carbocycles. The van der Waals surface area contributed by atoms with E-state index >= 15 is 0 Å². The van der Waals surface area contributed by atoms with E-state index in [0.29, 0.717) is 37.3 Å². The van der Waals surface area contributed by atoms with Crippen LogP contribution in [0.1, 0.15) is 39.0 Å². The molecule has 2 atom stereocenters. The van der Waals surface area contributed by atoms with E-state index in [1.807, 2.05) is 4.90 Å². The van der Waals surface area contributed by atoms with Gasteiger partial charge in [-0.2, -0.15) is 9.97 Å². The molecular weight excluding hydrogens is 421 g/mol. The van der Waals surface area contributed by atoms with Crippen LogP contribution in [0, 0.1) is 5.82 Å². The fourth-order valence-electron chi connectivity index (χ4n) is 5.35. The minimum absolute atomic E-state index is 0.0845. The molecule has 3 saturated heterocycles. The summed E-state index contributed by atoms with van der Waals surface area (Å²) >= 11 is 5.93. The second-order valence-electron chi connectivity index (χ2n) is 9.44. The van der Waals surface area contributed by atoms with Crippen LogP contribution < -0.4 is 9.64 Å². The molecule has 7 nitrogen and oxygen atoms in total. The van der Waals surface area contributed by atoms with Crippen molar-refractivity contribution in [2.45, 2.75) is 50.2 Å². The highest BCUT2D eigenvalue weighted by molar-refractivity contribution is 6.30. The van der Waals surface area contributed by atoms with E-state index < -0.39 is 11.4 Å². The highest BCUT2D eigenvalue weighted by atomic mass is 35.5. The Labute approximate surface area is 185 Å². The first-order chi connectivity index (χ1) is 14.8. The molecule has 2 aromatic heterocycles. The fourth-order valence-corrected chi connectivity index (χ4v) is 5.49. The molecule has 0 aromatic carbocycles. The quantitative estimate of drug-likeness (QED) is 0.569. The standard InChI is InChI=1S/C22H27ClFN5O2/c1-14-9-22(6-4-8-29(22)11-14)13-31-20-26-17-15(10-25-18(23)16(17)24)19(27-20)28-7-3-5-21(2,30)12-28/h10,30H,1,3-9,11-13H2,2H3/t21-,22?/m1/s1. The fraction of sp³-hybridized carbons (Fsp3) is 0.591. The van der Waals surface area contributed by atoms with Crippen molar-refractivity contribution < 1.29 is 14.2 Å². The molecule has 3 fully saturated rings. The summed E-state index contributed by atoms with van der Waals surface area (Å²) in [7, 11) is 0. The van der Waals surface area contributed by atoms with Gasteiger partial charge in [-0.1, -0.05) is 23.8 Å². The summed E-state index contributed by atoms with van der Waals surface area (Å²) in [4.78, 5) is 17.3. The molecule has 0 radical (unpaired) electrons. The van der Waals surface area contributed by atoms with Crippen LogP contribution in [-0.2, 0) is 0 Å². The maximum Gasteiger partial charge on any atom is 0.319 e. The maximum atomic E-state index is 14.9. The molecule has 0 spiro atoms. The number of halogens is 2. The van der Waals surface area contributed by atoms with Gasteiger partial charge in [0, 0.05) is 25.8 Å². The predicted molar refractivity (Wildman–Crippen MR) is 117 cm³/mol. The second kappa shape index (κ2) is 7.53. The van der Waals surface area contributed by atoms with E-state index in [4.69, 9.17) is 16.3 Å². The van der Waals surface area contributed by atoms with Crippen molar-refractivity contribution >= 4 is 28.3 Å². The molecular formula is C22H27ClFN5O2. The van der Waals surface area contributed by atoms with Crippen LogP contribution in [0.5, 0.6) is 6.01 Å². The van der Waals surface area contributed by atoms with Crippen LogP contribution in [0.15, 0.2) is 18.3 Å². The molecule has 1 unspecified atom stereocenters. The molecule has 5 rings (SSSR count). The zero-order valence-corrected chi connectivity index (χ0v) is 18.5. The van der Waals surface area contributed by atoms with E-state index in [1.165, 1.54) is 11.8 Å². The number of fused-ring (bicyclic) bond motifs is 2. The number of rotatable bonds is 4. The molecule has 0 saturated carbocycles. The van der Waals surface area contributed by atoms with Gasteiger partial charge in [0.05, 0.1) is 16.5 Å². The van der Waals surface area contributed by atoms with Crippen LogP contribution in [0.25, 0.3) is 10.9 Å². The van der Waals surface area contributed by atoms with E-state index in [1.54, 1.807) is 6.92 Å². The minimum atomic E-state index is -0.845. The van der Waals surface area contributed by atoms with Gasteiger partial charge >= 0.3 is 6.01 Å². The van der Waals surface area contributed by atoms with E-state index in [9.17, 15) is 9.50 Å². The Balaban J connectivity index is 1.51. The average Bonchev–Trinajstić information content (AvgIpc) is 3.24. The number of hydrogen-bond donors (Lipinski definition) is 1. The second-order valence-corrected chi connectivity index (χ2v) is 9.80. The Morgan fingerprint density at radius 3 is 2.90 bits per heavy atom. The lowest BCUT2D eigenvalue weighted by Crippen LogP contribution is -2.46. The highest BCUT2D eigenvalue weighted by Gasteiger charge is 2.46. The summed E-state index contributed by atoms with van der Waals surface area (Å²) < 4.78 is 21.0. The summed E-state index contributed by atoms with van der Waals surface area (Å²) in [6.45, 7) is 9.40. The van der Waals surface area contributed by atoms with Gasteiger partial charge in [-0.15, -0.1) is 0 Å². The number of anilines is 1. The molecule has 5 heterocycles. The SMILES string of the molecule is C=C1CN2CCCC2(COc2nc(N3CCC[C@@](C)(O)C3)c3cnc(Cl)c(F)c3n2)C1. The lowest BCUT2D eigenvalue weighted by atomic mass is 9.94. The van der Waals surface area contributed by atoms with Crippen molar-refractivity contribution in [3.05, 3.63) is 29.3 Å². The largest absolute Gasteiger partial charge is 0.461 e. The molecule has 31 heavy (non-hydrogen) atoms. The van der Waals surface area contributed by atoms with Crippen molar-refractivity contribution in [2.24, 2.45) is 0 Å². The average molecular weight is 448 g/mol. The van der Waals surface area contributed by atoms with Crippen molar-refractivity contribution in [2.75, 3.05) is 37.7 Å². The molecule has 0 amide bonds. The van der Waals surface area contributed by atoms with Gasteiger partial charge < -0.3 is 14.7 Å². The topological polar surface area (TPSA) is 74.6 Å². The molecule has 3 aliphatic heterocycles. The number of nitrogens with zero attached hydrogens (tertiary/aromatic N) is 5. The van der Waals surface area contributed by atoms with E-state index in [-0.39, 0.29) is 22.2 Å². The van der Waals surface area contributed by atoms with Gasteiger partial charge in [-0.05, 0) is 45.6 Å². The van der Waals surface area contributed by atoms with Crippen LogP contribution in [0.4, 0.5) is 10.2 Å². The first-order valence-corrected chi connectivity index (χ1v) is 11.2. The Hall–Kier alpha value is -2.03. The molecule has 166 valence electrons. The molecule has 0 bridgehead atoms. The van der Waals surface area contributed by atoms with E-state index in [2.05, 4.69) is 26.4 Å². The first kappa shape index (κ1) is 20.8. The van der Waals surface area contributed by atoms with Crippen molar-refractivity contribution in [1.82, 2.24) is 19.9 Å². The zero-order valence-electron chi connectivity index (χ0n) is 17.7. The molecule has 1 N–H and O–H groups in total. The molecule has 3 aliphatic rings. The van der Waals surface area contributed by atoms with Crippen molar-refractivity contribution in [3.63, 3.8) is 0 Å². The monoisotopic (exact) mass is 447 g/mol. The number of aliphatic hydroxyl groups is 1. The van der Waals surface area contributed by atoms with Gasteiger partial charge in [-0.25, -0.2) is 9.37 Å². The minimum Gasteiger partial charge on any atom is -0.461 e. The van der Waals surface area contributed by atoms with Crippen molar-refractivity contribution in [1.29, 1.82) is 0 Å². The summed E-state index contributed by atoms with van der Waals surface area (Å²) in [5, 5.41) is 10.8. The summed E-state index contributed by atoms with van der Waals surface area (Å²) in [6.07, 6.45) is 6.05. The van der Waals surface area contributed by atoms with Crippen LogP contribution in [-0.4, -0.2) is 68.9 Å². The predicted octanol–water partition coefficient (Wildman–Crippen LogP) is 3.34. The zero-order chi connectivity index (χ0) is 21.8. The molecule has 9 heteroatoms. The maximum absolute atomic E-state index is 14.9. The summed E-state index contributed by atoms with van der Waals surface area (Å²) in [5.41, 5.74) is 0.367. The van der Waals surface area contributed by atoms with Crippen LogP contribution in [0.2, 0.25) is 5.15 Å². The van der Waals surface area contributed by atoms with Crippen LogP contribution in [0.3, 0.4) is 0 Å². The Kier molecular flexibility index (Phi) is 5.07. The summed E-state index contributed by atoms with van der Waals surface area (Å²) in [6, 6.07) is 0.118. The van der Waals surface area contributed by atoms with E-state index in [0.717, 1.165) is 38.8 Å². The number of β-amino-alcohol motifs (C(OH)–C–C–N with tert-alkyl or cyclic N) is 1. The summed E-state index contributed by atoms with van der Waals surface area (Å²) in [5.74, 6) is -0.175. The Morgan fingerprint density at radius 2 is 2.10 bits per heavy atom. The highest BCUT2D eigenvalue weighted by Crippen LogP contribution is 2.41. The number of hydrogen-bond acceptors (Lipinski definition) is 7. The van der Waals surface area contributed by atoms with Crippen LogP contribution >= 0.6 is 11.6 Å². The first-order valence-electron chi connectivity index (χ1n) is 10.8. The normalized spacial score (nSPS) is 29.0. The third kappa shape index (κ3) is 3.75. The number of aromatic nitrogens is 3. The van der Waals surface area contributed by atoms with Gasteiger partial charge in [0.2, 0.25) is 0 Å². The molecule has 2 aromatic rings. The van der Waals surface area contributed by atoms with Gasteiger partial charge in [-0.3, -0.25) is 4.90 Å². The third-order valence-electron chi connectivity index (χ3n) is 6.78. The lowest BCUT2D eigenvalue weighted by molar-refractivity contribution is 0.0447. The van der Waals surface area contributed by atoms with Gasteiger partial charge in [0.25, 0.3) is 0 Å².